The van der Waals surface area contributed by atoms with Crippen LogP contribution in [0.2, 0.25) is 0 Å². The summed E-state index contributed by atoms with van der Waals surface area (Å²) < 4.78 is 33.2. The smallest absolute Gasteiger partial charge is 0.407 e. The maximum atomic E-state index is 12.8. The van der Waals surface area contributed by atoms with Crippen LogP contribution in [-0.2, 0) is 19.6 Å². The average molecular weight is 442 g/mol. The van der Waals surface area contributed by atoms with Gasteiger partial charge in [0.05, 0.1) is 4.90 Å². The highest BCUT2D eigenvalue weighted by atomic mass is 32.2. The van der Waals surface area contributed by atoms with Crippen LogP contribution in [0, 0.1) is 34.6 Å². The van der Waals surface area contributed by atoms with Gasteiger partial charge in [0.2, 0.25) is 15.9 Å². The number of hydrogen-bond acceptors (Lipinski definition) is 5. The Morgan fingerprint density at radius 3 is 1.77 bits per heavy atom. The SMILES string of the molecule is Cc1c(C)c(C)c(S(=O)(=O)NCCC(=O)NCCNC(=O)OC(C)(C)C)c(C)c1C. The number of hydrogen-bond donors (Lipinski definition) is 3. The highest BCUT2D eigenvalue weighted by Gasteiger charge is 2.23. The molecule has 0 saturated heterocycles. The van der Waals surface area contributed by atoms with E-state index in [1.807, 2.05) is 20.8 Å². The number of amides is 2. The molecule has 0 aliphatic carbocycles. The summed E-state index contributed by atoms with van der Waals surface area (Å²) in [7, 11) is -3.74. The first-order valence-electron chi connectivity index (χ1n) is 9.97. The number of nitrogens with one attached hydrogen (secondary N) is 3. The molecule has 0 radical (unpaired) electrons. The standard InChI is InChI=1S/C21H35N3O5S/c1-13-14(2)16(4)19(17(5)15(13)3)30(27,28)24-10-9-18(25)22-11-12-23-20(26)29-21(6,7)8/h24H,9-12H2,1-8H3,(H,22,25)(H,23,26). The van der Waals surface area contributed by atoms with Crippen LogP contribution in [-0.4, -0.2) is 45.7 Å². The fraction of sp³-hybridized carbons (Fsp3) is 0.619. The Kier molecular flexibility index (Phi) is 8.86. The Morgan fingerprint density at radius 1 is 0.800 bits per heavy atom. The van der Waals surface area contributed by atoms with Crippen molar-refractivity contribution < 1.29 is 22.7 Å². The zero-order valence-electron chi connectivity index (χ0n) is 19.3. The van der Waals surface area contributed by atoms with Gasteiger partial charge in [-0.1, -0.05) is 0 Å². The normalized spacial score (nSPS) is 11.9. The summed E-state index contributed by atoms with van der Waals surface area (Å²) in [6, 6.07) is 0. The molecular weight excluding hydrogens is 406 g/mol. The van der Waals surface area contributed by atoms with Gasteiger partial charge in [-0.15, -0.1) is 0 Å². The minimum Gasteiger partial charge on any atom is -0.444 e. The average Bonchev–Trinajstić information content (AvgIpc) is 2.60. The van der Waals surface area contributed by atoms with Crippen molar-refractivity contribution in [2.24, 2.45) is 0 Å². The minimum absolute atomic E-state index is 0.00636. The molecule has 0 unspecified atom stereocenters. The van der Waals surface area contributed by atoms with E-state index in [4.69, 9.17) is 4.74 Å². The van der Waals surface area contributed by atoms with Gasteiger partial charge in [-0.25, -0.2) is 17.9 Å². The number of carbonyl (C=O) groups is 2. The quantitative estimate of drug-likeness (QED) is 0.537. The van der Waals surface area contributed by atoms with Gasteiger partial charge in [-0.2, -0.15) is 0 Å². The van der Waals surface area contributed by atoms with Crippen molar-refractivity contribution in [3.8, 4) is 0 Å². The molecule has 0 aliphatic heterocycles. The Labute approximate surface area is 180 Å². The Hall–Kier alpha value is -2.13. The first-order chi connectivity index (χ1) is 13.7. The third kappa shape index (κ3) is 7.28. The van der Waals surface area contributed by atoms with Crippen LogP contribution in [0.1, 0.15) is 55.0 Å². The molecule has 0 aliphatic rings. The molecule has 8 nitrogen and oxygen atoms in total. The molecule has 3 N–H and O–H groups in total. The summed E-state index contributed by atoms with van der Waals surface area (Å²) in [4.78, 5) is 23.7. The molecule has 1 aromatic carbocycles. The van der Waals surface area contributed by atoms with Gasteiger partial charge in [0.1, 0.15) is 5.60 Å². The van der Waals surface area contributed by atoms with Crippen molar-refractivity contribution in [3.05, 3.63) is 27.8 Å². The number of carbonyl (C=O) groups excluding carboxylic acids is 2. The van der Waals surface area contributed by atoms with E-state index >= 15 is 0 Å². The highest BCUT2D eigenvalue weighted by molar-refractivity contribution is 7.89. The van der Waals surface area contributed by atoms with E-state index in [0.717, 1.165) is 27.8 Å². The Bertz CT molecular complexity index is 873. The summed E-state index contributed by atoms with van der Waals surface area (Å²) in [5, 5.41) is 5.17. The van der Waals surface area contributed by atoms with Crippen molar-refractivity contribution in [2.75, 3.05) is 19.6 Å². The van der Waals surface area contributed by atoms with Gasteiger partial charge in [-0.3, -0.25) is 4.79 Å². The second kappa shape index (κ2) is 10.3. The van der Waals surface area contributed by atoms with Crippen molar-refractivity contribution in [2.45, 2.75) is 72.3 Å². The number of ether oxygens (including phenoxy) is 1. The molecule has 0 saturated carbocycles. The molecule has 9 heteroatoms. The van der Waals surface area contributed by atoms with Crippen molar-refractivity contribution in [3.63, 3.8) is 0 Å². The molecular formula is C21H35N3O5S. The van der Waals surface area contributed by atoms with Gasteiger partial charge >= 0.3 is 6.09 Å². The van der Waals surface area contributed by atoms with Crippen molar-refractivity contribution >= 4 is 22.0 Å². The molecule has 1 rings (SSSR count). The first-order valence-corrected chi connectivity index (χ1v) is 11.5. The van der Waals surface area contributed by atoms with E-state index in [1.165, 1.54) is 0 Å². The van der Waals surface area contributed by atoms with E-state index in [9.17, 15) is 18.0 Å². The summed E-state index contributed by atoms with van der Waals surface area (Å²) in [6.07, 6.45) is -0.563. The zero-order chi connectivity index (χ0) is 23.3. The van der Waals surface area contributed by atoms with E-state index in [0.29, 0.717) is 0 Å². The van der Waals surface area contributed by atoms with Crippen molar-refractivity contribution in [1.29, 1.82) is 0 Å². The Morgan fingerprint density at radius 2 is 1.27 bits per heavy atom. The van der Waals surface area contributed by atoms with Gasteiger partial charge in [0.15, 0.2) is 0 Å². The van der Waals surface area contributed by atoms with E-state index in [-0.39, 0.29) is 36.9 Å². The fourth-order valence-corrected chi connectivity index (χ4v) is 4.64. The van der Waals surface area contributed by atoms with Crippen LogP contribution in [0.15, 0.2) is 4.90 Å². The third-order valence-corrected chi connectivity index (χ3v) is 6.69. The van der Waals surface area contributed by atoms with E-state index in [2.05, 4.69) is 15.4 Å². The monoisotopic (exact) mass is 441 g/mol. The van der Waals surface area contributed by atoms with Crippen LogP contribution >= 0.6 is 0 Å². The van der Waals surface area contributed by atoms with Crippen LogP contribution in [0.4, 0.5) is 4.79 Å². The van der Waals surface area contributed by atoms with Gasteiger partial charge in [-0.05, 0) is 83.2 Å². The molecule has 30 heavy (non-hydrogen) atoms. The maximum absolute atomic E-state index is 12.8. The fourth-order valence-electron chi connectivity index (χ4n) is 3.01. The summed E-state index contributed by atoms with van der Waals surface area (Å²) in [6.45, 7) is 15.1. The van der Waals surface area contributed by atoms with Gasteiger partial charge < -0.3 is 15.4 Å². The topological polar surface area (TPSA) is 114 Å². The lowest BCUT2D eigenvalue weighted by atomic mass is 9.95. The highest BCUT2D eigenvalue weighted by Crippen LogP contribution is 2.29. The lowest BCUT2D eigenvalue weighted by Gasteiger charge is -2.19. The number of benzene rings is 1. The maximum Gasteiger partial charge on any atom is 0.407 e. The van der Waals surface area contributed by atoms with E-state index < -0.39 is 21.7 Å². The summed E-state index contributed by atoms with van der Waals surface area (Å²) >= 11 is 0. The second-order valence-electron chi connectivity index (χ2n) is 8.38. The molecule has 1 aromatic rings. The molecule has 0 bridgehead atoms. The predicted octanol–water partition coefficient (Wildman–Crippen LogP) is 2.54. The van der Waals surface area contributed by atoms with Gasteiger partial charge in [0.25, 0.3) is 0 Å². The number of rotatable bonds is 8. The minimum atomic E-state index is -3.74. The molecule has 0 spiro atoms. The predicted molar refractivity (Wildman–Crippen MR) is 117 cm³/mol. The zero-order valence-corrected chi connectivity index (χ0v) is 20.1. The van der Waals surface area contributed by atoms with E-state index in [1.54, 1.807) is 34.6 Å². The first kappa shape index (κ1) is 25.9. The van der Waals surface area contributed by atoms with Crippen LogP contribution in [0.3, 0.4) is 0 Å². The lowest BCUT2D eigenvalue weighted by Crippen LogP contribution is -2.38. The Balaban J connectivity index is 2.54. The largest absolute Gasteiger partial charge is 0.444 e. The molecule has 0 aromatic heterocycles. The van der Waals surface area contributed by atoms with Crippen LogP contribution in [0.25, 0.3) is 0 Å². The molecule has 0 fully saturated rings. The summed E-state index contributed by atoms with van der Waals surface area (Å²) in [5.41, 5.74) is 3.85. The molecule has 0 heterocycles. The van der Waals surface area contributed by atoms with Crippen molar-refractivity contribution in [1.82, 2.24) is 15.4 Å². The number of sulfonamides is 1. The molecule has 0 atom stereocenters. The molecule has 2 amide bonds. The lowest BCUT2D eigenvalue weighted by molar-refractivity contribution is -0.120. The number of alkyl carbamates (subject to hydrolysis) is 1. The second-order valence-corrected chi connectivity index (χ2v) is 10.1. The van der Waals surface area contributed by atoms with Crippen LogP contribution in [0.5, 0.6) is 0 Å². The van der Waals surface area contributed by atoms with Crippen LogP contribution < -0.4 is 15.4 Å². The molecule has 170 valence electrons. The third-order valence-electron chi connectivity index (χ3n) is 4.96. The van der Waals surface area contributed by atoms with Gasteiger partial charge in [0, 0.05) is 26.1 Å². The summed E-state index contributed by atoms with van der Waals surface area (Å²) in [5.74, 6) is -0.312.